The largest absolute Gasteiger partial charge is 0.383 e. The van der Waals surface area contributed by atoms with E-state index in [1.807, 2.05) is 0 Å². The summed E-state index contributed by atoms with van der Waals surface area (Å²) in [6.45, 7) is 3.35. The normalized spacial score (nSPS) is 21.4. The number of aromatic nitrogens is 2. The van der Waals surface area contributed by atoms with E-state index in [-0.39, 0.29) is 6.10 Å². The van der Waals surface area contributed by atoms with Crippen molar-refractivity contribution in [2.24, 2.45) is 0 Å². The lowest BCUT2D eigenvalue weighted by atomic mass is 10.3. The molecule has 2 rings (SSSR count). The summed E-state index contributed by atoms with van der Waals surface area (Å²) in [5, 5.41) is 3.13. The first kappa shape index (κ1) is 12.5. The highest BCUT2D eigenvalue weighted by atomic mass is 79.9. The van der Waals surface area contributed by atoms with Gasteiger partial charge in [0, 0.05) is 25.7 Å². The Hall–Kier alpha value is -0.920. The van der Waals surface area contributed by atoms with Crippen LogP contribution in [0, 0.1) is 0 Å². The lowest BCUT2D eigenvalue weighted by molar-refractivity contribution is -0.0117. The second kappa shape index (κ2) is 5.61. The molecule has 1 atom stereocenters. The van der Waals surface area contributed by atoms with Crippen LogP contribution in [0.2, 0.25) is 0 Å². The van der Waals surface area contributed by atoms with Crippen molar-refractivity contribution in [2.75, 3.05) is 44.3 Å². The molecule has 0 bridgehead atoms. The van der Waals surface area contributed by atoms with Crippen LogP contribution in [0.15, 0.2) is 10.7 Å². The van der Waals surface area contributed by atoms with Crippen molar-refractivity contribution in [3.8, 4) is 0 Å². The first-order chi connectivity index (χ1) is 8.13. The van der Waals surface area contributed by atoms with E-state index in [2.05, 4.69) is 43.2 Å². The summed E-state index contributed by atoms with van der Waals surface area (Å²) in [7, 11) is 2.09. The maximum absolute atomic E-state index is 5.63. The van der Waals surface area contributed by atoms with Crippen LogP contribution in [0.1, 0.15) is 0 Å². The van der Waals surface area contributed by atoms with Crippen LogP contribution >= 0.6 is 15.9 Å². The van der Waals surface area contributed by atoms with Crippen LogP contribution in [0.3, 0.4) is 0 Å². The van der Waals surface area contributed by atoms with E-state index >= 15 is 0 Å². The number of nitrogens with zero attached hydrogens (tertiary/aromatic N) is 3. The molecule has 17 heavy (non-hydrogen) atoms. The van der Waals surface area contributed by atoms with Gasteiger partial charge in [0.2, 0.25) is 5.95 Å². The Kier molecular flexibility index (Phi) is 4.14. The number of anilines is 2. The fourth-order valence-corrected chi connectivity index (χ4v) is 2.11. The van der Waals surface area contributed by atoms with Crippen molar-refractivity contribution in [3.63, 3.8) is 0 Å². The lowest BCUT2D eigenvalue weighted by Crippen LogP contribution is -2.43. The molecule has 0 saturated carbocycles. The SMILES string of the molecule is CN1CCOC(CNc2nc(N)cc(Br)n2)C1. The highest BCUT2D eigenvalue weighted by Gasteiger charge is 2.17. The number of nitrogen functional groups attached to an aromatic ring is 1. The van der Waals surface area contributed by atoms with Gasteiger partial charge in [0.1, 0.15) is 10.4 Å². The zero-order chi connectivity index (χ0) is 12.3. The first-order valence-corrected chi connectivity index (χ1v) is 6.27. The zero-order valence-electron chi connectivity index (χ0n) is 9.69. The standard InChI is InChI=1S/C10H16BrN5O/c1-16-2-3-17-7(6-16)5-13-10-14-8(11)4-9(12)15-10/h4,7H,2-3,5-6H2,1H3,(H3,12,13,14,15). The molecule has 1 aromatic heterocycles. The predicted octanol–water partition coefficient (Wildman–Crippen LogP) is 0.564. The van der Waals surface area contributed by atoms with Crippen molar-refractivity contribution >= 4 is 27.7 Å². The number of morpholine rings is 1. The minimum atomic E-state index is 0.164. The molecule has 0 aliphatic carbocycles. The zero-order valence-corrected chi connectivity index (χ0v) is 11.3. The molecule has 2 heterocycles. The van der Waals surface area contributed by atoms with Crippen molar-refractivity contribution in [1.29, 1.82) is 0 Å². The molecule has 7 heteroatoms. The molecule has 0 amide bonds. The van der Waals surface area contributed by atoms with E-state index in [0.717, 1.165) is 19.7 Å². The summed E-state index contributed by atoms with van der Waals surface area (Å²) in [5.74, 6) is 0.963. The summed E-state index contributed by atoms with van der Waals surface area (Å²) in [6, 6.07) is 1.66. The van der Waals surface area contributed by atoms with E-state index in [1.165, 1.54) is 0 Å². The minimum absolute atomic E-state index is 0.164. The number of halogens is 1. The third-order valence-electron chi connectivity index (χ3n) is 2.54. The topological polar surface area (TPSA) is 76.3 Å². The quantitative estimate of drug-likeness (QED) is 0.795. The summed E-state index contributed by atoms with van der Waals surface area (Å²) >= 11 is 3.28. The van der Waals surface area contributed by atoms with Crippen LogP contribution < -0.4 is 11.1 Å². The van der Waals surface area contributed by atoms with Crippen molar-refractivity contribution in [2.45, 2.75) is 6.10 Å². The van der Waals surface area contributed by atoms with Gasteiger partial charge in [0.25, 0.3) is 0 Å². The van der Waals surface area contributed by atoms with Crippen molar-refractivity contribution in [1.82, 2.24) is 14.9 Å². The highest BCUT2D eigenvalue weighted by molar-refractivity contribution is 9.10. The van der Waals surface area contributed by atoms with Gasteiger partial charge in [-0.05, 0) is 23.0 Å². The molecule has 0 spiro atoms. The van der Waals surface area contributed by atoms with Crippen LogP contribution in [-0.2, 0) is 4.74 Å². The van der Waals surface area contributed by atoms with Crippen LogP contribution in [0.25, 0.3) is 0 Å². The molecule has 94 valence electrons. The Bertz CT molecular complexity index is 369. The van der Waals surface area contributed by atoms with E-state index in [1.54, 1.807) is 6.07 Å². The molecule has 1 unspecified atom stereocenters. The Balaban J connectivity index is 1.88. The fraction of sp³-hybridized carbons (Fsp3) is 0.600. The van der Waals surface area contributed by atoms with E-state index in [0.29, 0.717) is 22.9 Å². The predicted molar refractivity (Wildman–Crippen MR) is 69.9 cm³/mol. The summed E-state index contributed by atoms with van der Waals surface area (Å²) < 4.78 is 6.30. The minimum Gasteiger partial charge on any atom is -0.383 e. The third kappa shape index (κ3) is 3.79. The summed E-state index contributed by atoms with van der Waals surface area (Å²) in [4.78, 5) is 10.5. The maximum Gasteiger partial charge on any atom is 0.225 e. The van der Waals surface area contributed by atoms with Gasteiger partial charge in [-0.3, -0.25) is 0 Å². The van der Waals surface area contributed by atoms with E-state index in [4.69, 9.17) is 10.5 Å². The average molecular weight is 302 g/mol. The van der Waals surface area contributed by atoms with Crippen LogP contribution in [0.4, 0.5) is 11.8 Å². The number of rotatable bonds is 3. The molecule has 0 radical (unpaired) electrons. The second-order valence-corrected chi connectivity index (χ2v) is 4.89. The number of likely N-dealkylation sites (N-methyl/N-ethyl adjacent to an activating group) is 1. The van der Waals surface area contributed by atoms with Gasteiger partial charge in [-0.2, -0.15) is 4.98 Å². The third-order valence-corrected chi connectivity index (χ3v) is 2.95. The average Bonchev–Trinajstić information content (AvgIpc) is 2.25. The number of nitrogens with two attached hydrogens (primary N) is 1. The van der Waals surface area contributed by atoms with Gasteiger partial charge in [0.15, 0.2) is 0 Å². The van der Waals surface area contributed by atoms with Gasteiger partial charge >= 0.3 is 0 Å². The molecule has 1 aromatic rings. The molecule has 3 N–H and O–H groups in total. The molecule has 1 fully saturated rings. The molecule has 1 saturated heterocycles. The van der Waals surface area contributed by atoms with Crippen molar-refractivity contribution in [3.05, 3.63) is 10.7 Å². The highest BCUT2D eigenvalue weighted by Crippen LogP contribution is 2.12. The molecule has 0 aromatic carbocycles. The Morgan fingerprint density at radius 2 is 2.47 bits per heavy atom. The maximum atomic E-state index is 5.63. The van der Waals surface area contributed by atoms with E-state index < -0.39 is 0 Å². The van der Waals surface area contributed by atoms with Crippen LogP contribution in [0.5, 0.6) is 0 Å². The number of hydrogen-bond acceptors (Lipinski definition) is 6. The summed E-state index contributed by atoms with van der Waals surface area (Å²) in [6.07, 6.45) is 0.164. The molecule has 1 aliphatic rings. The second-order valence-electron chi connectivity index (χ2n) is 4.08. The molecule has 1 aliphatic heterocycles. The number of hydrogen-bond donors (Lipinski definition) is 2. The van der Waals surface area contributed by atoms with Gasteiger partial charge < -0.3 is 20.7 Å². The number of nitrogens with one attached hydrogen (secondary N) is 1. The van der Waals surface area contributed by atoms with Crippen molar-refractivity contribution < 1.29 is 4.74 Å². The fourth-order valence-electron chi connectivity index (χ4n) is 1.71. The first-order valence-electron chi connectivity index (χ1n) is 5.47. The Labute approximate surface area is 109 Å². The van der Waals surface area contributed by atoms with E-state index in [9.17, 15) is 0 Å². The Morgan fingerprint density at radius 1 is 1.65 bits per heavy atom. The van der Waals surface area contributed by atoms with Gasteiger partial charge in [-0.1, -0.05) is 0 Å². The monoisotopic (exact) mass is 301 g/mol. The van der Waals surface area contributed by atoms with Gasteiger partial charge in [-0.15, -0.1) is 0 Å². The molecular formula is C10H16BrN5O. The lowest BCUT2D eigenvalue weighted by Gasteiger charge is -2.30. The van der Waals surface area contributed by atoms with Gasteiger partial charge in [0.05, 0.1) is 12.7 Å². The summed E-state index contributed by atoms with van der Waals surface area (Å²) in [5.41, 5.74) is 5.63. The molecular weight excluding hydrogens is 286 g/mol. The molecule has 6 nitrogen and oxygen atoms in total. The van der Waals surface area contributed by atoms with Crippen LogP contribution in [-0.4, -0.2) is 54.3 Å². The van der Waals surface area contributed by atoms with Gasteiger partial charge in [-0.25, -0.2) is 4.98 Å². The smallest absolute Gasteiger partial charge is 0.225 e. The number of ether oxygens (including phenoxy) is 1. The Morgan fingerprint density at radius 3 is 3.18 bits per heavy atom.